The summed E-state index contributed by atoms with van der Waals surface area (Å²) >= 11 is 0. The van der Waals surface area contributed by atoms with E-state index in [9.17, 15) is 19.5 Å². The second-order valence-corrected chi connectivity index (χ2v) is 10.2. The minimum absolute atomic E-state index is 0.0119. The largest absolute Gasteiger partial charge is 0.462 e. The Kier molecular flexibility index (Phi) is 6.07. The molecule has 174 valence electrons. The van der Waals surface area contributed by atoms with Crippen molar-refractivity contribution in [2.24, 2.45) is 29.1 Å². The van der Waals surface area contributed by atoms with Crippen molar-refractivity contribution in [1.82, 2.24) is 4.90 Å². The van der Waals surface area contributed by atoms with Gasteiger partial charge in [0, 0.05) is 44.1 Å². The molecule has 0 unspecified atom stereocenters. The zero-order chi connectivity index (χ0) is 22.5. The number of esters is 3. The first-order valence-corrected chi connectivity index (χ1v) is 11.6. The molecule has 0 amide bonds. The number of carbonyl (C=O) groups is 3. The summed E-state index contributed by atoms with van der Waals surface area (Å²) in [7, 11) is 0. The average molecular weight is 438 g/mol. The number of aliphatic hydroxyl groups is 1. The molecule has 2 aliphatic heterocycles. The number of hydrogen-bond acceptors (Lipinski definition) is 8. The molecule has 0 aromatic rings. The minimum Gasteiger partial charge on any atom is -0.462 e. The van der Waals surface area contributed by atoms with Gasteiger partial charge < -0.3 is 24.2 Å². The van der Waals surface area contributed by atoms with E-state index >= 15 is 0 Å². The van der Waals surface area contributed by atoms with Gasteiger partial charge in [-0.05, 0) is 38.3 Å². The molecular weight excluding hydrogens is 402 g/mol. The Morgan fingerprint density at radius 1 is 1.16 bits per heavy atom. The SMILES string of the molecule is CC(=O)O[C@H]1C[C@H](O)[C@]2(C)[C@@H]1[C@H](C)C[C@@H]1OC(=O)[C@H](CN3CCCC3)[C@H]1[C@@H]2OC(C)=O. The Labute approximate surface area is 183 Å². The van der Waals surface area contributed by atoms with Gasteiger partial charge in [-0.15, -0.1) is 0 Å². The molecule has 2 aliphatic carbocycles. The van der Waals surface area contributed by atoms with Crippen molar-refractivity contribution in [3.63, 3.8) is 0 Å². The van der Waals surface area contributed by atoms with Crippen molar-refractivity contribution in [2.75, 3.05) is 19.6 Å². The quantitative estimate of drug-likeness (QED) is 0.522. The Morgan fingerprint density at radius 3 is 2.42 bits per heavy atom. The normalized spacial score (nSPS) is 44.9. The third-order valence-corrected chi connectivity index (χ3v) is 8.20. The highest BCUT2D eigenvalue weighted by Crippen LogP contribution is 2.59. The molecule has 0 aromatic heterocycles. The van der Waals surface area contributed by atoms with E-state index in [1.54, 1.807) is 0 Å². The predicted octanol–water partition coefficient (Wildman–Crippen LogP) is 1.53. The number of carbonyl (C=O) groups excluding carboxylic acids is 3. The van der Waals surface area contributed by atoms with Crippen molar-refractivity contribution in [3.05, 3.63) is 0 Å². The second kappa shape index (κ2) is 8.35. The zero-order valence-electron chi connectivity index (χ0n) is 18.9. The fourth-order valence-corrected chi connectivity index (χ4v) is 7.03. The Hall–Kier alpha value is -1.67. The molecule has 4 rings (SSSR count). The number of nitrogens with zero attached hydrogens (tertiary/aromatic N) is 1. The van der Waals surface area contributed by atoms with Crippen LogP contribution in [0.25, 0.3) is 0 Å². The highest BCUT2D eigenvalue weighted by atomic mass is 16.6. The summed E-state index contributed by atoms with van der Waals surface area (Å²) in [6, 6.07) is 0. The van der Waals surface area contributed by atoms with Crippen LogP contribution < -0.4 is 0 Å². The van der Waals surface area contributed by atoms with Gasteiger partial charge >= 0.3 is 17.9 Å². The Balaban J connectivity index is 1.74. The summed E-state index contributed by atoms with van der Waals surface area (Å²) < 4.78 is 17.4. The second-order valence-electron chi connectivity index (χ2n) is 10.2. The molecule has 2 saturated carbocycles. The van der Waals surface area contributed by atoms with E-state index < -0.39 is 35.6 Å². The molecule has 0 bridgehead atoms. The molecule has 0 radical (unpaired) electrons. The van der Waals surface area contributed by atoms with E-state index in [2.05, 4.69) is 4.90 Å². The van der Waals surface area contributed by atoms with Gasteiger partial charge in [0.15, 0.2) is 0 Å². The molecule has 0 aromatic carbocycles. The van der Waals surface area contributed by atoms with E-state index in [1.165, 1.54) is 13.8 Å². The number of aliphatic hydroxyl groups excluding tert-OH is 1. The molecule has 4 fully saturated rings. The van der Waals surface area contributed by atoms with Crippen LogP contribution in [0, 0.1) is 29.1 Å². The van der Waals surface area contributed by atoms with E-state index in [-0.39, 0.29) is 35.8 Å². The molecule has 0 spiro atoms. The van der Waals surface area contributed by atoms with Crippen LogP contribution in [0.5, 0.6) is 0 Å². The number of likely N-dealkylation sites (tertiary alicyclic amines) is 1. The van der Waals surface area contributed by atoms with Crippen molar-refractivity contribution in [2.45, 2.75) is 77.8 Å². The number of hydrogen-bond donors (Lipinski definition) is 1. The zero-order valence-corrected chi connectivity index (χ0v) is 18.9. The smallest absolute Gasteiger partial charge is 0.311 e. The lowest BCUT2D eigenvalue weighted by molar-refractivity contribution is -0.174. The highest BCUT2D eigenvalue weighted by Gasteiger charge is 2.67. The fourth-order valence-electron chi connectivity index (χ4n) is 7.03. The lowest BCUT2D eigenvalue weighted by Gasteiger charge is -2.44. The lowest BCUT2D eigenvalue weighted by Crippen LogP contribution is -2.53. The number of rotatable bonds is 4. The van der Waals surface area contributed by atoms with Crippen molar-refractivity contribution in [1.29, 1.82) is 0 Å². The van der Waals surface area contributed by atoms with Gasteiger partial charge in [0.05, 0.1) is 12.0 Å². The van der Waals surface area contributed by atoms with Crippen LogP contribution in [-0.2, 0) is 28.6 Å². The lowest BCUT2D eigenvalue weighted by atomic mass is 9.66. The van der Waals surface area contributed by atoms with E-state index in [4.69, 9.17) is 14.2 Å². The summed E-state index contributed by atoms with van der Waals surface area (Å²) in [4.78, 5) is 39.2. The van der Waals surface area contributed by atoms with Gasteiger partial charge in [-0.3, -0.25) is 14.4 Å². The monoisotopic (exact) mass is 437 g/mol. The first-order valence-electron chi connectivity index (χ1n) is 11.6. The van der Waals surface area contributed by atoms with Gasteiger partial charge in [-0.1, -0.05) is 13.8 Å². The first-order chi connectivity index (χ1) is 14.6. The van der Waals surface area contributed by atoms with Crippen LogP contribution in [0.3, 0.4) is 0 Å². The number of ether oxygens (including phenoxy) is 3. The molecule has 8 nitrogen and oxygen atoms in total. The third-order valence-electron chi connectivity index (χ3n) is 8.20. The van der Waals surface area contributed by atoms with Gasteiger partial charge in [-0.25, -0.2) is 0 Å². The van der Waals surface area contributed by atoms with E-state index in [1.807, 2.05) is 13.8 Å². The Bertz CT molecular complexity index is 735. The third kappa shape index (κ3) is 3.86. The predicted molar refractivity (Wildman–Crippen MR) is 110 cm³/mol. The molecule has 2 saturated heterocycles. The molecule has 31 heavy (non-hydrogen) atoms. The van der Waals surface area contributed by atoms with Gasteiger partial charge in [0.25, 0.3) is 0 Å². The van der Waals surface area contributed by atoms with Crippen molar-refractivity contribution >= 4 is 17.9 Å². The van der Waals surface area contributed by atoms with Gasteiger partial charge in [0.2, 0.25) is 0 Å². The van der Waals surface area contributed by atoms with Crippen molar-refractivity contribution < 1.29 is 33.7 Å². The number of fused-ring (bicyclic) bond motifs is 2. The van der Waals surface area contributed by atoms with Crippen LogP contribution in [0.1, 0.15) is 53.4 Å². The summed E-state index contributed by atoms with van der Waals surface area (Å²) in [6.45, 7) is 9.19. The molecular formula is C23H35NO7. The average Bonchev–Trinajstić information content (AvgIpc) is 3.31. The van der Waals surface area contributed by atoms with Crippen LogP contribution in [0.15, 0.2) is 0 Å². The standard InChI is InChI=1S/C23H35NO7/c1-12-9-16-19(15(22(28)31-16)11-24-7-5-6-8-24)21(30-14(3)26)23(4)18(27)10-17(20(12)23)29-13(2)25/h12,15-21,27H,5-11H2,1-4H3/t12-,15-,16+,17+,18+,19-,20-,21+,23-/m1/s1. The summed E-state index contributed by atoms with van der Waals surface area (Å²) in [6.07, 6.45) is 0.756. The summed E-state index contributed by atoms with van der Waals surface area (Å²) in [5, 5.41) is 11.2. The van der Waals surface area contributed by atoms with Gasteiger partial charge in [0.1, 0.15) is 18.3 Å². The Morgan fingerprint density at radius 2 is 1.81 bits per heavy atom. The maximum Gasteiger partial charge on any atom is 0.311 e. The maximum atomic E-state index is 12.9. The topological polar surface area (TPSA) is 102 Å². The van der Waals surface area contributed by atoms with E-state index in [0.717, 1.165) is 25.9 Å². The van der Waals surface area contributed by atoms with Crippen LogP contribution >= 0.6 is 0 Å². The summed E-state index contributed by atoms with van der Waals surface area (Å²) in [5.41, 5.74) is -0.845. The van der Waals surface area contributed by atoms with Crippen LogP contribution in [-0.4, -0.2) is 72.0 Å². The fraction of sp³-hybridized carbons (Fsp3) is 0.870. The molecule has 1 N–H and O–H groups in total. The van der Waals surface area contributed by atoms with Gasteiger partial charge in [-0.2, -0.15) is 0 Å². The molecule has 8 heteroatoms. The molecule has 9 atom stereocenters. The first kappa shape index (κ1) is 22.5. The maximum absolute atomic E-state index is 12.9. The minimum atomic E-state index is -0.845. The van der Waals surface area contributed by atoms with Crippen molar-refractivity contribution in [3.8, 4) is 0 Å². The van der Waals surface area contributed by atoms with Crippen LogP contribution in [0.2, 0.25) is 0 Å². The molecule has 2 heterocycles. The molecule has 4 aliphatic rings. The highest BCUT2D eigenvalue weighted by molar-refractivity contribution is 5.76. The summed E-state index contributed by atoms with van der Waals surface area (Å²) in [5.74, 6) is -2.00. The van der Waals surface area contributed by atoms with E-state index in [0.29, 0.717) is 19.4 Å². The van der Waals surface area contributed by atoms with Crippen LogP contribution in [0.4, 0.5) is 0 Å².